The van der Waals surface area contributed by atoms with E-state index in [1.54, 1.807) is 44.0 Å². The third-order valence-corrected chi connectivity index (χ3v) is 6.61. The number of amides is 1. The number of nitrogens with zero attached hydrogens (tertiary/aromatic N) is 2. The van der Waals surface area contributed by atoms with Crippen LogP contribution < -0.4 is 10.1 Å². The number of nitriles is 1. The van der Waals surface area contributed by atoms with Gasteiger partial charge in [0.15, 0.2) is 0 Å². The summed E-state index contributed by atoms with van der Waals surface area (Å²) < 4.78 is 5.36. The summed E-state index contributed by atoms with van der Waals surface area (Å²) in [7, 11) is 1.55. The lowest BCUT2D eigenvalue weighted by Gasteiger charge is -2.31. The van der Waals surface area contributed by atoms with Gasteiger partial charge in [0.1, 0.15) is 11.7 Å². The predicted octanol–water partition coefficient (Wildman–Crippen LogP) is 6.04. The Morgan fingerprint density at radius 3 is 2.65 bits per heavy atom. The van der Waals surface area contributed by atoms with Crippen molar-refractivity contribution < 1.29 is 9.53 Å². The Hall–Kier alpha value is -2.75. The molecule has 160 valence electrons. The summed E-state index contributed by atoms with van der Waals surface area (Å²) >= 11 is 8.09. The number of thioether (sulfide) groups is 1. The minimum Gasteiger partial charge on any atom is -0.495 e. The third kappa shape index (κ3) is 4.95. The summed E-state index contributed by atoms with van der Waals surface area (Å²) in [5.41, 5.74) is 2.32. The van der Waals surface area contributed by atoms with Gasteiger partial charge in [-0.25, -0.2) is 4.99 Å². The minimum atomic E-state index is -0.599. The predicted molar refractivity (Wildman–Crippen MR) is 128 cm³/mol. The van der Waals surface area contributed by atoms with Crippen LogP contribution in [0.1, 0.15) is 31.7 Å². The molecule has 2 atom stereocenters. The van der Waals surface area contributed by atoms with Gasteiger partial charge >= 0.3 is 0 Å². The lowest BCUT2D eigenvalue weighted by atomic mass is 9.78. The maximum atomic E-state index is 13.5. The highest BCUT2D eigenvalue weighted by Crippen LogP contribution is 2.43. The molecule has 2 aromatic rings. The largest absolute Gasteiger partial charge is 0.495 e. The summed E-state index contributed by atoms with van der Waals surface area (Å²) in [5, 5.41) is 14.3. The maximum Gasteiger partial charge on any atom is 0.254 e. The number of carbonyl (C=O) groups is 1. The normalized spacial score (nSPS) is 18.2. The molecule has 1 aliphatic heterocycles. The maximum absolute atomic E-state index is 13.5. The molecule has 1 N–H and O–H groups in total. The molecule has 7 heteroatoms. The zero-order chi connectivity index (χ0) is 22.4. The highest BCUT2D eigenvalue weighted by molar-refractivity contribution is 8.14. The summed E-state index contributed by atoms with van der Waals surface area (Å²) in [6.45, 7) is 3.89. The first-order chi connectivity index (χ1) is 15.0. The number of anilines is 1. The van der Waals surface area contributed by atoms with Crippen LogP contribution in [0.25, 0.3) is 0 Å². The van der Waals surface area contributed by atoms with Crippen molar-refractivity contribution in [2.45, 2.75) is 26.2 Å². The Kier molecular flexibility index (Phi) is 7.78. The minimum absolute atomic E-state index is 0.324. The molecule has 3 rings (SSSR count). The molecule has 1 amide bonds. The number of carbonyl (C=O) groups excluding carboxylic acids is 1. The number of hydrogen-bond acceptors (Lipinski definition) is 5. The number of hydrogen-bond donors (Lipinski definition) is 1. The number of aliphatic imine (C=N–C) groups is 1. The zero-order valence-electron chi connectivity index (χ0n) is 17.7. The molecule has 1 heterocycles. The van der Waals surface area contributed by atoms with Crippen LogP contribution >= 0.6 is 23.4 Å². The standard InChI is InChI=1S/C24H24ClN3O2S/c1-4-13-31-24-17(14-26)22(16-9-5-6-10-18(16)25)21(15(2)27-24)23(29)28-19-11-7-8-12-20(19)30-3/h5-12,17,22H,4,13H2,1-3H3,(H,28,29). The highest BCUT2D eigenvalue weighted by Gasteiger charge is 2.39. The van der Waals surface area contributed by atoms with E-state index in [-0.39, 0.29) is 5.91 Å². The lowest BCUT2D eigenvalue weighted by Crippen LogP contribution is -2.31. The monoisotopic (exact) mass is 453 g/mol. The SMILES string of the molecule is CCCSC1=NC(C)=C(C(=O)Nc2ccccc2OC)C(c2ccccc2Cl)C1C#N. The smallest absolute Gasteiger partial charge is 0.254 e. The van der Waals surface area contributed by atoms with E-state index in [2.05, 4.69) is 23.3 Å². The first-order valence-corrected chi connectivity index (χ1v) is 11.4. The van der Waals surface area contributed by atoms with Crippen LogP contribution in [0.15, 0.2) is 64.8 Å². The molecular formula is C24H24ClN3O2S. The summed E-state index contributed by atoms with van der Waals surface area (Å²) in [6, 6.07) is 16.9. The number of ether oxygens (including phenoxy) is 1. The second-order valence-corrected chi connectivity index (χ2v) is 8.58. The van der Waals surface area contributed by atoms with E-state index in [0.717, 1.165) is 22.8 Å². The van der Waals surface area contributed by atoms with Crippen molar-refractivity contribution in [2.75, 3.05) is 18.2 Å². The molecule has 0 saturated carbocycles. The van der Waals surface area contributed by atoms with Crippen LogP contribution in [0.2, 0.25) is 5.02 Å². The van der Waals surface area contributed by atoms with Gasteiger partial charge < -0.3 is 10.1 Å². The van der Waals surface area contributed by atoms with Crippen molar-refractivity contribution in [1.82, 2.24) is 0 Å². The molecule has 0 spiro atoms. The fourth-order valence-electron chi connectivity index (χ4n) is 3.59. The zero-order valence-corrected chi connectivity index (χ0v) is 19.3. The summed E-state index contributed by atoms with van der Waals surface area (Å²) in [4.78, 5) is 18.1. The second kappa shape index (κ2) is 10.5. The topological polar surface area (TPSA) is 74.5 Å². The number of allylic oxidation sites excluding steroid dienone is 1. The van der Waals surface area contributed by atoms with E-state index in [4.69, 9.17) is 16.3 Å². The van der Waals surface area contributed by atoms with E-state index in [9.17, 15) is 10.1 Å². The lowest BCUT2D eigenvalue weighted by molar-refractivity contribution is -0.113. The van der Waals surface area contributed by atoms with Crippen LogP contribution in [0, 0.1) is 17.2 Å². The van der Waals surface area contributed by atoms with Crippen LogP contribution in [0.4, 0.5) is 5.69 Å². The fraction of sp³-hybridized carbons (Fsp3) is 0.292. The molecule has 2 unspecified atom stereocenters. The van der Waals surface area contributed by atoms with Crippen molar-refractivity contribution >= 4 is 40.0 Å². The Morgan fingerprint density at radius 2 is 1.97 bits per heavy atom. The van der Waals surface area contributed by atoms with Crippen LogP contribution in [0.3, 0.4) is 0 Å². The molecule has 5 nitrogen and oxygen atoms in total. The van der Waals surface area contributed by atoms with E-state index >= 15 is 0 Å². The molecule has 31 heavy (non-hydrogen) atoms. The Bertz CT molecular complexity index is 1070. The first-order valence-electron chi connectivity index (χ1n) is 10.0. The molecule has 2 aromatic carbocycles. The summed E-state index contributed by atoms with van der Waals surface area (Å²) in [5.74, 6) is -0.0412. The van der Waals surface area contributed by atoms with Gasteiger partial charge in [-0.2, -0.15) is 5.26 Å². The molecule has 0 aromatic heterocycles. The number of para-hydroxylation sites is 2. The van der Waals surface area contributed by atoms with Gasteiger partial charge in [-0.3, -0.25) is 4.79 Å². The third-order valence-electron chi connectivity index (χ3n) is 5.01. The van der Waals surface area contributed by atoms with E-state index < -0.39 is 11.8 Å². The van der Waals surface area contributed by atoms with Crippen molar-refractivity contribution in [2.24, 2.45) is 10.9 Å². The van der Waals surface area contributed by atoms with Gasteiger partial charge in [0.2, 0.25) is 0 Å². The molecule has 0 radical (unpaired) electrons. The van der Waals surface area contributed by atoms with Gasteiger partial charge in [-0.1, -0.05) is 48.9 Å². The van der Waals surface area contributed by atoms with Crippen LogP contribution in [-0.4, -0.2) is 23.8 Å². The molecule has 0 fully saturated rings. The number of rotatable bonds is 6. The van der Waals surface area contributed by atoms with Gasteiger partial charge in [0.05, 0.1) is 23.9 Å². The molecule has 0 saturated heterocycles. The highest BCUT2D eigenvalue weighted by atomic mass is 35.5. The molecule has 0 bridgehead atoms. The van der Waals surface area contributed by atoms with Crippen LogP contribution in [-0.2, 0) is 4.79 Å². The number of methoxy groups -OCH3 is 1. The fourth-order valence-corrected chi connectivity index (χ4v) is 4.83. The molecule has 1 aliphatic rings. The van der Waals surface area contributed by atoms with E-state index in [0.29, 0.717) is 27.7 Å². The summed E-state index contributed by atoms with van der Waals surface area (Å²) in [6.07, 6.45) is 0.961. The van der Waals surface area contributed by atoms with Crippen LogP contribution in [0.5, 0.6) is 5.75 Å². The van der Waals surface area contributed by atoms with Crippen molar-refractivity contribution in [3.8, 4) is 11.8 Å². The van der Waals surface area contributed by atoms with E-state index in [1.807, 2.05) is 30.3 Å². The number of benzene rings is 2. The van der Waals surface area contributed by atoms with Crippen molar-refractivity contribution in [3.63, 3.8) is 0 Å². The Morgan fingerprint density at radius 1 is 1.26 bits per heavy atom. The van der Waals surface area contributed by atoms with Gasteiger partial charge in [0.25, 0.3) is 5.91 Å². The number of halogens is 1. The van der Waals surface area contributed by atoms with Gasteiger partial charge in [-0.15, -0.1) is 11.8 Å². The van der Waals surface area contributed by atoms with Crippen molar-refractivity contribution in [3.05, 3.63) is 70.4 Å². The molecular weight excluding hydrogens is 430 g/mol. The Labute approximate surface area is 192 Å². The van der Waals surface area contributed by atoms with E-state index in [1.165, 1.54) is 0 Å². The second-order valence-electron chi connectivity index (χ2n) is 7.06. The van der Waals surface area contributed by atoms with Gasteiger partial charge in [0, 0.05) is 22.2 Å². The van der Waals surface area contributed by atoms with Gasteiger partial charge in [-0.05, 0) is 42.9 Å². The van der Waals surface area contributed by atoms with Crippen molar-refractivity contribution in [1.29, 1.82) is 5.26 Å². The average Bonchev–Trinajstić information content (AvgIpc) is 2.77. The quantitative estimate of drug-likeness (QED) is 0.578. The Balaban J connectivity index is 2.10. The average molecular weight is 454 g/mol. The first kappa shape index (κ1) is 22.9. The number of nitrogens with one attached hydrogen (secondary N) is 1. The molecule has 0 aliphatic carbocycles.